The molecule has 0 bridgehead atoms. The van der Waals surface area contributed by atoms with E-state index in [0.29, 0.717) is 0 Å². The second-order valence-electron chi connectivity index (χ2n) is 2.54. The van der Waals surface area contributed by atoms with E-state index in [4.69, 9.17) is 0 Å². The average Bonchev–Trinajstić information content (AvgIpc) is 2.30. The first kappa shape index (κ1) is 8.70. The highest BCUT2D eigenvalue weighted by molar-refractivity contribution is 6.08. The van der Waals surface area contributed by atoms with Crippen molar-refractivity contribution in [2.45, 2.75) is 18.9 Å². The summed E-state index contributed by atoms with van der Waals surface area (Å²) in [5, 5.41) is 2.38. The molecule has 0 aromatic heterocycles. The lowest BCUT2D eigenvalue weighted by atomic mass is 10.1. The van der Waals surface area contributed by atoms with Crippen molar-refractivity contribution in [3.8, 4) is 0 Å². The molecule has 1 heterocycles. The number of methoxy groups -OCH3 is 1. The van der Waals surface area contributed by atoms with Crippen molar-refractivity contribution in [3.63, 3.8) is 0 Å². The lowest BCUT2D eigenvalue weighted by molar-refractivity contribution is -0.142. The zero-order valence-electron chi connectivity index (χ0n) is 6.62. The maximum absolute atomic E-state index is 10.9. The molecule has 0 spiro atoms. The molecule has 66 valence electrons. The molecule has 1 amide bonds. The average molecular weight is 171 g/mol. The second-order valence-corrected chi connectivity index (χ2v) is 2.54. The molecule has 1 atom stereocenters. The van der Waals surface area contributed by atoms with E-state index < -0.39 is 12.0 Å². The van der Waals surface area contributed by atoms with Gasteiger partial charge in [0.25, 0.3) is 0 Å². The van der Waals surface area contributed by atoms with Crippen LogP contribution in [-0.4, -0.2) is 30.8 Å². The van der Waals surface area contributed by atoms with Crippen LogP contribution in [0.5, 0.6) is 0 Å². The molecule has 1 unspecified atom stereocenters. The lowest BCUT2D eigenvalue weighted by Crippen LogP contribution is -2.31. The molecule has 1 aliphatic rings. The highest BCUT2D eigenvalue weighted by Gasteiger charge is 2.31. The highest BCUT2D eigenvalue weighted by atomic mass is 16.5. The van der Waals surface area contributed by atoms with E-state index in [1.807, 2.05) is 0 Å². The monoisotopic (exact) mass is 171 g/mol. The standard InChI is InChI=1S/C7H9NO4/c1-12-7(11)2-4-5(9)3-6(10)8-4/h4H,2-3H2,1H3,(H,8,10). The Hall–Kier alpha value is -1.39. The zero-order valence-corrected chi connectivity index (χ0v) is 6.62. The molecular weight excluding hydrogens is 162 g/mol. The van der Waals surface area contributed by atoms with E-state index in [-0.39, 0.29) is 24.5 Å². The lowest BCUT2D eigenvalue weighted by Gasteiger charge is -2.05. The largest absolute Gasteiger partial charge is 0.469 e. The van der Waals surface area contributed by atoms with Crippen LogP contribution in [0.1, 0.15) is 12.8 Å². The summed E-state index contributed by atoms with van der Waals surface area (Å²) < 4.78 is 4.35. The summed E-state index contributed by atoms with van der Waals surface area (Å²) in [6, 6.07) is -0.676. The van der Waals surface area contributed by atoms with Crippen molar-refractivity contribution >= 4 is 17.7 Å². The third kappa shape index (κ3) is 1.81. The molecule has 1 fully saturated rings. The number of Topliss-reactive ketones (excluding diaryl/α,β-unsaturated/α-hetero) is 1. The normalized spacial score (nSPS) is 22.2. The van der Waals surface area contributed by atoms with Crippen molar-refractivity contribution in [2.24, 2.45) is 0 Å². The number of amides is 1. The van der Waals surface area contributed by atoms with E-state index in [9.17, 15) is 14.4 Å². The molecule has 0 aromatic rings. The van der Waals surface area contributed by atoms with Gasteiger partial charge in [0, 0.05) is 0 Å². The van der Waals surface area contributed by atoms with Crippen molar-refractivity contribution in [2.75, 3.05) is 7.11 Å². The van der Waals surface area contributed by atoms with E-state index in [0.717, 1.165) is 0 Å². The Balaban J connectivity index is 2.48. The van der Waals surface area contributed by atoms with Gasteiger partial charge in [0.1, 0.15) is 0 Å². The second kappa shape index (κ2) is 3.34. The molecule has 0 saturated carbocycles. The zero-order chi connectivity index (χ0) is 9.14. The number of hydrogen-bond donors (Lipinski definition) is 1. The van der Waals surface area contributed by atoms with Gasteiger partial charge in [-0.25, -0.2) is 0 Å². The molecule has 0 radical (unpaired) electrons. The van der Waals surface area contributed by atoms with E-state index in [2.05, 4.69) is 10.1 Å². The Bertz CT molecular complexity index is 236. The molecular formula is C7H9NO4. The maximum atomic E-state index is 10.9. The number of ether oxygens (including phenoxy) is 1. The van der Waals surface area contributed by atoms with Gasteiger partial charge in [-0.15, -0.1) is 0 Å². The minimum absolute atomic E-state index is 0.0684. The molecule has 1 saturated heterocycles. The molecule has 5 heteroatoms. The van der Waals surface area contributed by atoms with Crippen LogP contribution in [0.2, 0.25) is 0 Å². The van der Waals surface area contributed by atoms with Gasteiger partial charge in [-0.3, -0.25) is 14.4 Å². The van der Waals surface area contributed by atoms with Gasteiger partial charge in [-0.2, -0.15) is 0 Å². The van der Waals surface area contributed by atoms with Gasteiger partial charge in [0.2, 0.25) is 5.91 Å². The maximum Gasteiger partial charge on any atom is 0.308 e. The summed E-state index contributed by atoms with van der Waals surface area (Å²) in [7, 11) is 1.24. The van der Waals surface area contributed by atoms with Crippen molar-refractivity contribution in [1.29, 1.82) is 0 Å². The van der Waals surface area contributed by atoms with Gasteiger partial charge in [0.15, 0.2) is 5.78 Å². The van der Waals surface area contributed by atoms with Gasteiger partial charge < -0.3 is 10.1 Å². The van der Waals surface area contributed by atoms with E-state index in [1.165, 1.54) is 7.11 Å². The Morgan fingerprint density at radius 1 is 1.67 bits per heavy atom. The number of nitrogens with one attached hydrogen (secondary N) is 1. The topological polar surface area (TPSA) is 72.5 Å². The van der Waals surface area contributed by atoms with Crippen LogP contribution in [-0.2, 0) is 19.1 Å². The Kier molecular flexibility index (Phi) is 2.42. The van der Waals surface area contributed by atoms with Gasteiger partial charge in [-0.1, -0.05) is 0 Å². The third-order valence-corrected chi connectivity index (χ3v) is 1.66. The third-order valence-electron chi connectivity index (χ3n) is 1.66. The summed E-state index contributed by atoms with van der Waals surface area (Å²) in [4.78, 5) is 32.3. The summed E-state index contributed by atoms with van der Waals surface area (Å²) in [6.45, 7) is 0. The van der Waals surface area contributed by atoms with Crippen LogP contribution in [0.4, 0.5) is 0 Å². The summed E-state index contributed by atoms with van der Waals surface area (Å²) >= 11 is 0. The van der Waals surface area contributed by atoms with Gasteiger partial charge in [0.05, 0.1) is 26.0 Å². The highest BCUT2D eigenvalue weighted by Crippen LogP contribution is 2.06. The fraction of sp³-hybridized carbons (Fsp3) is 0.571. The molecule has 12 heavy (non-hydrogen) atoms. The Labute approximate surface area is 69.1 Å². The smallest absolute Gasteiger partial charge is 0.308 e. The minimum atomic E-state index is -0.676. The first-order valence-electron chi connectivity index (χ1n) is 3.52. The predicted molar refractivity (Wildman–Crippen MR) is 38.2 cm³/mol. The van der Waals surface area contributed by atoms with Crippen LogP contribution < -0.4 is 5.32 Å². The van der Waals surface area contributed by atoms with Crippen molar-refractivity contribution < 1.29 is 19.1 Å². The quantitative estimate of drug-likeness (QED) is 0.427. The number of ketones is 1. The minimum Gasteiger partial charge on any atom is -0.469 e. The Morgan fingerprint density at radius 2 is 2.33 bits per heavy atom. The Morgan fingerprint density at radius 3 is 2.75 bits per heavy atom. The fourth-order valence-electron chi connectivity index (χ4n) is 1.02. The predicted octanol–water partition coefficient (Wildman–Crippen LogP) is -0.993. The summed E-state index contributed by atoms with van der Waals surface area (Å²) in [5.74, 6) is -1.06. The van der Waals surface area contributed by atoms with E-state index in [1.54, 1.807) is 0 Å². The van der Waals surface area contributed by atoms with Crippen LogP contribution in [0.3, 0.4) is 0 Å². The first-order chi connectivity index (χ1) is 5.63. The first-order valence-corrected chi connectivity index (χ1v) is 3.52. The van der Waals surface area contributed by atoms with Gasteiger partial charge >= 0.3 is 5.97 Å². The summed E-state index contributed by atoms with van der Waals surface area (Å²) in [5.41, 5.74) is 0. The van der Waals surface area contributed by atoms with Crippen LogP contribution in [0, 0.1) is 0 Å². The van der Waals surface area contributed by atoms with Crippen molar-refractivity contribution in [3.05, 3.63) is 0 Å². The number of esters is 1. The molecule has 0 aliphatic carbocycles. The van der Waals surface area contributed by atoms with Crippen molar-refractivity contribution in [1.82, 2.24) is 5.32 Å². The van der Waals surface area contributed by atoms with Crippen LogP contribution >= 0.6 is 0 Å². The summed E-state index contributed by atoms with van der Waals surface area (Å²) in [6.07, 6.45) is -0.192. The number of carbonyl (C=O) groups is 3. The molecule has 1 aliphatic heterocycles. The number of carbonyl (C=O) groups excluding carboxylic acids is 3. The SMILES string of the molecule is COC(=O)CC1NC(=O)CC1=O. The molecule has 1 N–H and O–H groups in total. The number of rotatable bonds is 2. The molecule has 1 rings (SSSR count). The van der Waals surface area contributed by atoms with E-state index >= 15 is 0 Å². The molecule has 5 nitrogen and oxygen atoms in total. The molecule has 0 aromatic carbocycles. The van der Waals surface area contributed by atoms with Gasteiger partial charge in [-0.05, 0) is 0 Å². The van der Waals surface area contributed by atoms with Crippen LogP contribution in [0.25, 0.3) is 0 Å². The van der Waals surface area contributed by atoms with Crippen LogP contribution in [0.15, 0.2) is 0 Å². The number of hydrogen-bond acceptors (Lipinski definition) is 4. The fourth-order valence-corrected chi connectivity index (χ4v) is 1.02.